The summed E-state index contributed by atoms with van der Waals surface area (Å²) < 4.78 is 0.364. The number of halogens is 2. The van der Waals surface area contributed by atoms with Crippen molar-refractivity contribution in [3.8, 4) is 22.3 Å². The fourth-order valence-electron chi connectivity index (χ4n) is 12.1. The van der Waals surface area contributed by atoms with Gasteiger partial charge in [0.25, 0.3) is 0 Å². The van der Waals surface area contributed by atoms with E-state index in [1.165, 1.54) is 115 Å². The van der Waals surface area contributed by atoms with E-state index in [1.54, 1.807) is 0 Å². The van der Waals surface area contributed by atoms with Crippen molar-refractivity contribution in [1.29, 1.82) is 0 Å². The Bertz CT molecular complexity index is 3330. The summed E-state index contributed by atoms with van der Waals surface area (Å²) in [5.74, 6) is 0. The minimum absolute atomic E-state index is 0.138. The van der Waals surface area contributed by atoms with Crippen LogP contribution >= 0.6 is 17.0 Å². The van der Waals surface area contributed by atoms with Crippen LogP contribution in [-0.4, -0.2) is 6.88 Å². The number of hydrogen-bond donors (Lipinski definition) is 0. The minimum atomic E-state index is -5.90. The van der Waals surface area contributed by atoms with Gasteiger partial charge >= 0.3 is 368 Å². The molecule has 0 radical (unpaired) electrons. The van der Waals surface area contributed by atoms with Crippen molar-refractivity contribution in [2.45, 2.75) is 39.1 Å². The zero-order chi connectivity index (χ0) is 41.9. The second kappa shape index (κ2) is 13.6. The standard InChI is InChI=1S/2C25H19.C7H7.2ClH.H2Si.Zr/c2*1-16-12-21-11-10-17(2)25(24(21)13-16)22-9-5-8-20-14-18-6-3-4-7-19(18)15-23(20)22;1-7-5-3-2-4-6-7;;;;/h2*3-15H,1-2H3;2-6H,1H2;2*1H;1H2;/q;;;;;;+2/p-2. The summed E-state index contributed by atoms with van der Waals surface area (Å²) in [6.45, 7) is 11.1. The Kier molecular flexibility index (Phi) is 8.70. The Morgan fingerprint density at radius 1 is 0.443 bits per heavy atom. The molecule has 2 aliphatic carbocycles. The first-order valence-corrected chi connectivity index (χ1v) is 38.3. The fourth-order valence-corrected chi connectivity index (χ4v) is 45.9. The second-order valence-electron chi connectivity index (χ2n) is 18.6. The Morgan fingerprint density at radius 2 is 0.836 bits per heavy atom. The zero-order valence-electron chi connectivity index (χ0n) is 35.1. The average molecular weight is 922 g/mol. The van der Waals surface area contributed by atoms with Gasteiger partial charge < -0.3 is 0 Å². The molecule has 0 spiro atoms. The van der Waals surface area contributed by atoms with Crippen LogP contribution in [0.2, 0.25) is 0 Å². The molecule has 0 heterocycles. The van der Waals surface area contributed by atoms with Gasteiger partial charge in [-0.2, -0.15) is 0 Å². The predicted octanol–water partition coefficient (Wildman–Crippen LogP) is 16.1. The summed E-state index contributed by atoms with van der Waals surface area (Å²) >= 11 is -5.90. The third-order valence-electron chi connectivity index (χ3n) is 14.4. The van der Waals surface area contributed by atoms with E-state index in [0.717, 1.165) is 0 Å². The molecular formula is C57H47Cl2SiZr. The normalized spacial score (nSPS) is 17.3. The summed E-state index contributed by atoms with van der Waals surface area (Å²) in [5.41, 5.74) is 16.3. The predicted molar refractivity (Wildman–Crippen MR) is 266 cm³/mol. The fraction of sp³-hybridized carbons (Fsp3) is 0.123. The molecule has 4 heteroatoms. The Hall–Kier alpha value is -4.82. The van der Waals surface area contributed by atoms with Gasteiger partial charge in [0, 0.05) is 0 Å². The van der Waals surface area contributed by atoms with Crippen LogP contribution in [0.5, 0.6) is 0 Å². The van der Waals surface area contributed by atoms with Crippen LogP contribution in [0.15, 0.2) is 175 Å². The van der Waals surface area contributed by atoms with Gasteiger partial charge in [0.05, 0.1) is 0 Å². The second-order valence-corrected chi connectivity index (χ2v) is 65.6. The Morgan fingerprint density at radius 3 is 1.28 bits per heavy atom. The van der Waals surface area contributed by atoms with E-state index in [9.17, 15) is 0 Å². The molecule has 2 unspecified atom stereocenters. The van der Waals surface area contributed by atoms with Crippen molar-refractivity contribution in [3.05, 3.63) is 214 Å². The first kappa shape index (κ1) is 39.1. The molecule has 2 atom stereocenters. The molecule has 9 aromatic carbocycles. The number of hydrogen-bond acceptors (Lipinski definition) is 0. The molecule has 0 amide bonds. The van der Waals surface area contributed by atoms with Crippen LogP contribution in [0.3, 0.4) is 0 Å². The molecule has 0 saturated carbocycles. The Balaban J connectivity index is 1.15. The number of allylic oxidation sites excluding steroid dienone is 2. The van der Waals surface area contributed by atoms with Crippen molar-refractivity contribution >= 4 is 79.1 Å². The van der Waals surface area contributed by atoms with Crippen LogP contribution in [0.25, 0.3) is 77.5 Å². The van der Waals surface area contributed by atoms with Crippen molar-refractivity contribution in [3.63, 3.8) is 0 Å². The molecule has 9 aromatic rings. The van der Waals surface area contributed by atoms with Gasteiger partial charge in [0.2, 0.25) is 0 Å². The summed E-state index contributed by atoms with van der Waals surface area (Å²) in [4.78, 5) is 0. The van der Waals surface area contributed by atoms with E-state index < -0.39 is 13.5 Å². The first-order valence-electron chi connectivity index (χ1n) is 21.5. The van der Waals surface area contributed by atoms with Crippen molar-refractivity contribution in [2.75, 3.05) is 0 Å². The molecule has 0 fully saturated rings. The van der Waals surface area contributed by atoms with Crippen LogP contribution in [-0.2, 0) is 17.7 Å². The topological polar surface area (TPSA) is 0 Å². The third kappa shape index (κ3) is 5.93. The summed E-state index contributed by atoms with van der Waals surface area (Å²) in [5, 5.41) is 10.0. The first-order chi connectivity index (χ1) is 29.3. The van der Waals surface area contributed by atoms with Crippen LogP contribution in [0.1, 0.15) is 60.0 Å². The molecule has 297 valence electrons. The summed E-state index contributed by atoms with van der Waals surface area (Å²) in [6.07, 6.45) is 4.88. The van der Waals surface area contributed by atoms with E-state index in [0.29, 0.717) is 4.13 Å². The van der Waals surface area contributed by atoms with E-state index in [4.69, 9.17) is 17.0 Å². The van der Waals surface area contributed by atoms with E-state index in [1.807, 2.05) is 6.88 Å². The number of fused-ring (bicyclic) bond motifs is 6. The van der Waals surface area contributed by atoms with Crippen LogP contribution in [0, 0.1) is 13.8 Å². The number of rotatable bonds is 6. The van der Waals surface area contributed by atoms with Gasteiger partial charge in [-0.05, 0) is 0 Å². The van der Waals surface area contributed by atoms with Gasteiger partial charge in [-0.25, -0.2) is 0 Å². The number of benzene rings is 9. The molecule has 0 aliphatic heterocycles. The van der Waals surface area contributed by atoms with Crippen LogP contribution in [0.4, 0.5) is 0 Å². The third-order valence-corrected chi connectivity index (χ3v) is 42.3. The van der Waals surface area contributed by atoms with E-state index in [-0.39, 0.29) is 7.25 Å². The molecule has 0 saturated heterocycles. The molecule has 0 aromatic heterocycles. The molecule has 2 aliphatic rings. The van der Waals surface area contributed by atoms with Gasteiger partial charge in [0.15, 0.2) is 0 Å². The molecule has 0 bridgehead atoms. The van der Waals surface area contributed by atoms with Gasteiger partial charge in [-0.3, -0.25) is 0 Å². The van der Waals surface area contributed by atoms with Crippen molar-refractivity contribution in [1.82, 2.24) is 0 Å². The van der Waals surface area contributed by atoms with E-state index >= 15 is 0 Å². The molecule has 0 nitrogen and oxygen atoms in total. The van der Waals surface area contributed by atoms with Gasteiger partial charge in [-0.1, -0.05) is 0 Å². The van der Waals surface area contributed by atoms with Gasteiger partial charge in [0.1, 0.15) is 0 Å². The summed E-state index contributed by atoms with van der Waals surface area (Å²) in [6, 6.07) is 60.5. The Labute approximate surface area is 364 Å². The van der Waals surface area contributed by atoms with Crippen LogP contribution < -0.4 is 0 Å². The molecular weight excluding hydrogens is 875 g/mol. The quantitative estimate of drug-likeness (QED) is 0.115. The zero-order valence-corrected chi connectivity index (χ0v) is 40.5. The van der Waals surface area contributed by atoms with Crippen molar-refractivity contribution < 1.29 is 13.5 Å². The maximum absolute atomic E-state index is 9.14. The average Bonchev–Trinajstić information content (AvgIpc) is 3.79. The molecule has 0 N–H and O–H groups in total. The maximum atomic E-state index is 9.14. The molecule has 61 heavy (non-hydrogen) atoms. The van der Waals surface area contributed by atoms with E-state index in [2.05, 4.69) is 204 Å². The van der Waals surface area contributed by atoms with Gasteiger partial charge in [-0.15, -0.1) is 0 Å². The number of aryl methyl sites for hydroxylation is 2. The molecule has 11 rings (SSSR count). The summed E-state index contributed by atoms with van der Waals surface area (Å²) in [7, 11) is 18.3. The van der Waals surface area contributed by atoms with Crippen molar-refractivity contribution in [2.24, 2.45) is 0 Å². The SMILES string of the molecule is CC1=Cc2c(ccc(C)c2-c2cccc3cc4ccccc4cc23)[CH]1[Zr](=[SiH2])([Cl])([Cl])([CH2]c1ccccc1)[CH]1C(C)=Cc2c1ccc(C)c2-c1cccc2cc3ccccc3cc12. The monoisotopic (exact) mass is 919 g/mol.